The Morgan fingerprint density at radius 2 is 1.25 bits per heavy atom. The van der Waals surface area contributed by atoms with E-state index in [0.29, 0.717) is 0 Å². The fraction of sp³-hybridized carbons (Fsp3) is 0.333. The summed E-state index contributed by atoms with van der Waals surface area (Å²) < 4.78 is 28.8. The van der Waals surface area contributed by atoms with Crippen LogP contribution in [0.1, 0.15) is 45.7 Å². The maximum atomic E-state index is 11.5. The zero-order valence-electron chi connectivity index (χ0n) is 19.7. The zero-order chi connectivity index (χ0) is 23.6. The van der Waals surface area contributed by atoms with Crippen molar-refractivity contribution in [3.8, 4) is 11.5 Å². The molecule has 0 radical (unpaired) electrons. The fourth-order valence-electron chi connectivity index (χ4n) is 2.64. The molecule has 0 atom stereocenters. The summed E-state index contributed by atoms with van der Waals surface area (Å²) in [6, 6.07) is 27.3. The lowest BCUT2D eigenvalue weighted by Gasteiger charge is -2.20. The second-order valence-corrected chi connectivity index (χ2v) is 11.6. The Kier molecular flexibility index (Phi) is 9.48. The van der Waals surface area contributed by atoms with Gasteiger partial charge in [0.25, 0.3) is 0 Å². The zero-order valence-corrected chi connectivity index (χ0v) is 20.5. The van der Waals surface area contributed by atoms with Gasteiger partial charge in [-0.3, -0.25) is 0 Å². The van der Waals surface area contributed by atoms with E-state index in [2.05, 4.69) is 38.2 Å². The van der Waals surface area contributed by atoms with Crippen molar-refractivity contribution >= 4 is 9.84 Å². The monoisotopic (exact) mass is 453 g/mol. The molecule has 1 N–H and O–H groups in total. The van der Waals surface area contributed by atoms with Crippen molar-refractivity contribution in [2.24, 2.45) is 0 Å². The second-order valence-electron chi connectivity index (χ2n) is 9.00. The van der Waals surface area contributed by atoms with Crippen molar-refractivity contribution < 1.29 is 13.2 Å². The fourth-order valence-corrected chi connectivity index (χ4v) is 3.63. The molecule has 5 heteroatoms. The Hall–Kier alpha value is -2.63. The number of benzene rings is 3. The van der Waals surface area contributed by atoms with Crippen LogP contribution in [0.2, 0.25) is 0 Å². The SMILES string of the molecule is CC(C)(C)NCc1ccc(Oc2ccccc2)cc1.CC(C)S(=O)(=O)Cc1ccccc1. The third-order valence-electron chi connectivity index (χ3n) is 4.65. The minimum Gasteiger partial charge on any atom is -0.457 e. The third-order valence-corrected chi connectivity index (χ3v) is 6.83. The van der Waals surface area contributed by atoms with E-state index in [1.807, 2.05) is 72.8 Å². The number of hydrogen-bond donors (Lipinski definition) is 1. The van der Waals surface area contributed by atoms with Gasteiger partial charge in [0.2, 0.25) is 0 Å². The van der Waals surface area contributed by atoms with Crippen molar-refractivity contribution in [2.45, 2.75) is 57.7 Å². The molecule has 0 aliphatic rings. The molecule has 0 heterocycles. The summed E-state index contributed by atoms with van der Waals surface area (Å²) in [6.07, 6.45) is 0. The van der Waals surface area contributed by atoms with Gasteiger partial charge in [-0.2, -0.15) is 0 Å². The van der Waals surface area contributed by atoms with E-state index in [-0.39, 0.29) is 16.5 Å². The van der Waals surface area contributed by atoms with E-state index in [1.54, 1.807) is 13.8 Å². The van der Waals surface area contributed by atoms with Crippen LogP contribution in [0.5, 0.6) is 11.5 Å². The van der Waals surface area contributed by atoms with Gasteiger partial charge in [-0.15, -0.1) is 0 Å². The molecular formula is C27H35NO3S. The highest BCUT2D eigenvalue weighted by molar-refractivity contribution is 7.91. The minimum absolute atomic E-state index is 0.138. The van der Waals surface area contributed by atoms with E-state index >= 15 is 0 Å². The number of ether oxygens (including phenoxy) is 1. The number of nitrogens with one attached hydrogen (secondary N) is 1. The van der Waals surface area contributed by atoms with E-state index in [0.717, 1.165) is 23.6 Å². The number of para-hydroxylation sites is 1. The maximum Gasteiger partial charge on any atom is 0.156 e. The van der Waals surface area contributed by atoms with Crippen molar-refractivity contribution in [3.05, 3.63) is 96.1 Å². The largest absolute Gasteiger partial charge is 0.457 e. The summed E-state index contributed by atoms with van der Waals surface area (Å²) in [5.41, 5.74) is 2.26. The first-order valence-electron chi connectivity index (χ1n) is 10.9. The van der Waals surface area contributed by atoms with Gasteiger partial charge in [0.1, 0.15) is 11.5 Å². The summed E-state index contributed by atoms with van der Waals surface area (Å²) >= 11 is 0. The van der Waals surface area contributed by atoms with Crippen LogP contribution < -0.4 is 10.1 Å². The molecule has 172 valence electrons. The van der Waals surface area contributed by atoms with Gasteiger partial charge >= 0.3 is 0 Å². The average Bonchev–Trinajstić information content (AvgIpc) is 2.74. The van der Waals surface area contributed by atoms with Gasteiger partial charge in [0.05, 0.1) is 11.0 Å². The molecule has 0 fully saturated rings. The quantitative estimate of drug-likeness (QED) is 0.451. The Morgan fingerprint density at radius 3 is 1.75 bits per heavy atom. The molecule has 0 amide bonds. The van der Waals surface area contributed by atoms with E-state index in [1.165, 1.54) is 5.56 Å². The summed E-state index contributed by atoms with van der Waals surface area (Å²) in [7, 11) is -2.95. The van der Waals surface area contributed by atoms with Crippen LogP contribution in [0.25, 0.3) is 0 Å². The Morgan fingerprint density at radius 1 is 0.750 bits per heavy atom. The van der Waals surface area contributed by atoms with Crippen molar-refractivity contribution in [1.29, 1.82) is 0 Å². The molecule has 0 aromatic heterocycles. The molecule has 0 unspecified atom stereocenters. The van der Waals surface area contributed by atoms with E-state index < -0.39 is 9.84 Å². The van der Waals surface area contributed by atoms with Gasteiger partial charge < -0.3 is 10.1 Å². The van der Waals surface area contributed by atoms with Crippen LogP contribution in [0.3, 0.4) is 0 Å². The van der Waals surface area contributed by atoms with Crippen LogP contribution in [0.15, 0.2) is 84.9 Å². The van der Waals surface area contributed by atoms with Crippen molar-refractivity contribution in [3.63, 3.8) is 0 Å². The van der Waals surface area contributed by atoms with Crippen LogP contribution >= 0.6 is 0 Å². The average molecular weight is 454 g/mol. The number of rotatable bonds is 7. The number of hydrogen-bond acceptors (Lipinski definition) is 4. The van der Waals surface area contributed by atoms with E-state index in [9.17, 15) is 8.42 Å². The molecule has 0 aliphatic heterocycles. The highest BCUT2D eigenvalue weighted by Gasteiger charge is 2.16. The van der Waals surface area contributed by atoms with Gasteiger partial charge in [0.15, 0.2) is 9.84 Å². The van der Waals surface area contributed by atoms with Crippen LogP contribution in [-0.4, -0.2) is 19.2 Å². The molecule has 32 heavy (non-hydrogen) atoms. The first kappa shape index (κ1) is 25.6. The van der Waals surface area contributed by atoms with Gasteiger partial charge in [-0.05, 0) is 70.0 Å². The lowest BCUT2D eigenvalue weighted by molar-refractivity contribution is 0.424. The summed E-state index contributed by atoms with van der Waals surface area (Å²) in [4.78, 5) is 0. The van der Waals surface area contributed by atoms with Gasteiger partial charge in [-0.25, -0.2) is 8.42 Å². The van der Waals surface area contributed by atoms with Crippen LogP contribution in [0.4, 0.5) is 0 Å². The first-order chi connectivity index (χ1) is 15.0. The molecule has 0 aliphatic carbocycles. The Balaban J connectivity index is 0.000000244. The molecule has 0 bridgehead atoms. The van der Waals surface area contributed by atoms with Gasteiger partial charge in [0, 0.05) is 12.1 Å². The maximum absolute atomic E-state index is 11.5. The molecule has 4 nitrogen and oxygen atoms in total. The highest BCUT2D eigenvalue weighted by Crippen LogP contribution is 2.21. The summed E-state index contributed by atoms with van der Waals surface area (Å²) in [5, 5.41) is 3.17. The summed E-state index contributed by atoms with van der Waals surface area (Å²) in [5.74, 6) is 1.87. The smallest absolute Gasteiger partial charge is 0.156 e. The summed E-state index contributed by atoms with van der Waals surface area (Å²) in [6.45, 7) is 10.8. The molecule has 3 aromatic carbocycles. The lowest BCUT2D eigenvalue weighted by Crippen LogP contribution is -2.34. The van der Waals surface area contributed by atoms with Gasteiger partial charge in [-0.1, -0.05) is 60.7 Å². The minimum atomic E-state index is -2.95. The molecule has 0 saturated heterocycles. The standard InChI is InChI=1S/C17H21NO.C10H14O2S/c1-17(2,3)18-13-14-9-11-16(12-10-14)19-15-7-5-4-6-8-15;1-9(2)13(11,12)8-10-6-4-3-5-7-10/h4-12,18H,13H2,1-3H3;3-7,9H,8H2,1-2H3. The second kappa shape index (κ2) is 11.8. The normalized spacial score (nSPS) is 11.6. The first-order valence-corrected chi connectivity index (χ1v) is 12.6. The van der Waals surface area contributed by atoms with Crippen molar-refractivity contribution in [1.82, 2.24) is 5.32 Å². The molecular weight excluding hydrogens is 418 g/mol. The molecule has 3 aromatic rings. The Bertz CT molecular complexity index is 1020. The molecule has 0 saturated carbocycles. The third kappa shape index (κ3) is 9.67. The van der Waals surface area contributed by atoms with Crippen molar-refractivity contribution in [2.75, 3.05) is 0 Å². The number of sulfone groups is 1. The highest BCUT2D eigenvalue weighted by atomic mass is 32.2. The topological polar surface area (TPSA) is 55.4 Å². The van der Waals surface area contributed by atoms with Crippen LogP contribution in [-0.2, 0) is 22.1 Å². The van der Waals surface area contributed by atoms with E-state index in [4.69, 9.17) is 4.74 Å². The molecule has 3 rings (SSSR count). The van der Waals surface area contributed by atoms with Crippen LogP contribution in [0, 0.1) is 0 Å². The molecule has 0 spiro atoms. The predicted octanol–water partition coefficient (Wildman–Crippen LogP) is 6.38. The lowest BCUT2D eigenvalue weighted by atomic mass is 10.1. The predicted molar refractivity (Wildman–Crippen MR) is 134 cm³/mol. The Labute approximate surface area is 193 Å².